The van der Waals surface area contributed by atoms with Crippen molar-refractivity contribution in [2.45, 2.75) is 59.1 Å². The number of aryl methyl sites for hydroxylation is 1. The molecular weight excluding hydrogens is 384 g/mol. The molecule has 1 fully saturated rings. The van der Waals surface area contributed by atoms with Crippen molar-refractivity contribution in [3.8, 4) is 5.75 Å². The van der Waals surface area contributed by atoms with Crippen molar-refractivity contribution < 1.29 is 19.1 Å². The lowest BCUT2D eigenvalue weighted by molar-refractivity contribution is -0.122. The summed E-state index contributed by atoms with van der Waals surface area (Å²) < 4.78 is 11.3. The Labute approximate surface area is 177 Å². The van der Waals surface area contributed by atoms with Gasteiger partial charge in [0.1, 0.15) is 24.0 Å². The Bertz CT molecular complexity index is 899. The summed E-state index contributed by atoms with van der Waals surface area (Å²) >= 11 is 0. The second-order valence-electron chi connectivity index (χ2n) is 9.79. The number of carbonyl (C=O) groups is 2. The predicted molar refractivity (Wildman–Crippen MR) is 114 cm³/mol. The smallest absolute Gasteiger partial charge is 0.410 e. The van der Waals surface area contributed by atoms with Gasteiger partial charge in [-0.1, -0.05) is 13.0 Å². The Morgan fingerprint density at radius 2 is 2.10 bits per heavy atom. The van der Waals surface area contributed by atoms with Gasteiger partial charge in [0.05, 0.1) is 5.69 Å². The molecule has 1 aromatic carbocycles. The number of anilines is 1. The summed E-state index contributed by atoms with van der Waals surface area (Å²) in [7, 11) is 0. The third-order valence-corrected chi connectivity index (χ3v) is 5.79. The molecule has 0 unspecified atom stereocenters. The zero-order valence-electron chi connectivity index (χ0n) is 18.3. The van der Waals surface area contributed by atoms with Crippen LogP contribution in [0.3, 0.4) is 0 Å². The molecule has 3 aliphatic heterocycles. The number of nitrogens with one attached hydrogen (secondary N) is 1. The van der Waals surface area contributed by atoms with E-state index in [0.29, 0.717) is 25.5 Å². The third kappa shape index (κ3) is 3.95. The van der Waals surface area contributed by atoms with Gasteiger partial charge in [0.25, 0.3) is 5.91 Å². The molecule has 1 aromatic rings. The lowest BCUT2D eigenvalue weighted by atomic mass is 9.77. The Balaban J connectivity index is 1.40. The van der Waals surface area contributed by atoms with Crippen LogP contribution in [0.5, 0.6) is 5.75 Å². The molecule has 3 aliphatic rings. The topological polar surface area (TPSA) is 83.5 Å². The SMILES string of the molecule is C[C@H]1C(=O)NN=C2COc3ccc(CCC4(C)CN(C(=O)OC(C)(C)C)C4)cc3N21. The first-order valence-corrected chi connectivity index (χ1v) is 10.4. The fourth-order valence-electron chi connectivity index (χ4n) is 4.16. The highest BCUT2D eigenvalue weighted by molar-refractivity contribution is 6.09. The molecule has 0 aliphatic carbocycles. The fourth-order valence-corrected chi connectivity index (χ4v) is 4.16. The maximum absolute atomic E-state index is 12.2. The minimum absolute atomic E-state index is 0.0776. The van der Waals surface area contributed by atoms with Crippen LogP contribution in [0.2, 0.25) is 0 Å². The monoisotopic (exact) mass is 414 g/mol. The average molecular weight is 415 g/mol. The van der Waals surface area contributed by atoms with Gasteiger partial charge in [-0.2, -0.15) is 5.10 Å². The Morgan fingerprint density at radius 3 is 2.80 bits per heavy atom. The molecule has 8 nitrogen and oxygen atoms in total. The highest BCUT2D eigenvalue weighted by atomic mass is 16.6. The average Bonchev–Trinajstić information content (AvgIpc) is 2.65. The Hall–Kier alpha value is -2.77. The fraction of sp³-hybridized carbons (Fsp3) is 0.591. The van der Waals surface area contributed by atoms with Gasteiger partial charge in [-0.3, -0.25) is 4.79 Å². The van der Waals surface area contributed by atoms with Crippen molar-refractivity contribution in [3.05, 3.63) is 23.8 Å². The van der Waals surface area contributed by atoms with E-state index >= 15 is 0 Å². The lowest BCUT2D eigenvalue weighted by Gasteiger charge is -2.48. The number of amides is 2. The van der Waals surface area contributed by atoms with Gasteiger partial charge < -0.3 is 19.3 Å². The van der Waals surface area contributed by atoms with Crippen LogP contribution in [-0.4, -0.2) is 54.1 Å². The molecule has 4 rings (SSSR count). The first-order valence-electron chi connectivity index (χ1n) is 10.4. The van der Waals surface area contributed by atoms with Gasteiger partial charge in [-0.15, -0.1) is 0 Å². The van der Waals surface area contributed by atoms with Gasteiger partial charge in [0, 0.05) is 18.5 Å². The summed E-state index contributed by atoms with van der Waals surface area (Å²) in [4.78, 5) is 28.0. The first-order chi connectivity index (χ1) is 14.0. The normalized spacial score (nSPS) is 22.1. The number of hydrazone groups is 1. The van der Waals surface area contributed by atoms with Crippen LogP contribution in [0.15, 0.2) is 23.3 Å². The summed E-state index contributed by atoms with van der Waals surface area (Å²) in [6, 6.07) is 5.80. The molecule has 1 N–H and O–H groups in total. The summed E-state index contributed by atoms with van der Waals surface area (Å²) in [6.07, 6.45) is 1.60. The minimum atomic E-state index is -0.473. The molecule has 0 radical (unpaired) electrons. The van der Waals surface area contributed by atoms with Crippen LogP contribution in [-0.2, 0) is 16.0 Å². The van der Waals surface area contributed by atoms with Crippen molar-refractivity contribution in [2.24, 2.45) is 10.5 Å². The molecule has 30 heavy (non-hydrogen) atoms. The van der Waals surface area contributed by atoms with E-state index in [1.54, 1.807) is 4.90 Å². The van der Waals surface area contributed by atoms with Crippen molar-refractivity contribution in [3.63, 3.8) is 0 Å². The van der Waals surface area contributed by atoms with Gasteiger partial charge in [0.15, 0.2) is 5.84 Å². The van der Waals surface area contributed by atoms with Crippen LogP contribution < -0.4 is 15.1 Å². The van der Waals surface area contributed by atoms with Crippen molar-refractivity contribution in [2.75, 3.05) is 24.6 Å². The molecule has 1 atom stereocenters. The molecule has 3 heterocycles. The Kier molecular flexibility index (Phi) is 4.91. The van der Waals surface area contributed by atoms with Gasteiger partial charge in [0.2, 0.25) is 0 Å². The second-order valence-corrected chi connectivity index (χ2v) is 9.79. The van der Waals surface area contributed by atoms with Crippen molar-refractivity contribution in [1.82, 2.24) is 10.3 Å². The van der Waals surface area contributed by atoms with Gasteiger partial charge in [-0.25, -0.2) is 10.2 Å². The largest absolute Gasteiger partial charge is 0.483 e. The molecule has 8 heteroatoms. The molecule has 162 valence electrons. The molecule has 0 aromatic heterocycles. The van der Waals surface area contributed by atoms with E-state index in [2.05, 4.69) is 29.6 Å². The van der Waals surface area contributed by atoms with E-state index in [1.807, 2.05) is 38.7 Å². The van der Waals surface area contributed by atoms with Crippen LogP contribution >= 0.6 is 0 Å². The summed E-state index contributed by atoms with van der Waals surface area (Å²) in [5.74, 6) is 1.36. The lowest BCUT2D eigenvalue weighted by Crippen LogP contribution is -2.58. The maximum atomic E-state index is 12.2. The van der Waals surface area contributed by atoms with Crippen LogP contribution in [0.1, 0.15) is 46.6 Å². The number of rotatable bonds is 3. The Morgan fingerprint density at radius 1 is 1.37 bits per heavy atom. The molecular formula is C22H30N4O4. The van der Waals surface area contributed by atoms with E-state index in [0.717, 1.165) is 24.3 Å². The number of ether oxygens (including phenoxy) is 2. The number of hydrogen-bond donors (Lipinski definition) is 1. The standard InChI is InChI=1S/C22H30N4O4/c1-14-19(27)24-23-18-11-29-17-7-6-15(10-16(17)26(14)18)8-9-22(5)12-25(13-22)20(28)30-21(2,3)4/h6-7,10,14H,8-9,11-13H2,1-5H3,(H,24,27)/t14-/m0/s1. The number of nitrogens with zero attached hydrogens (tertiary/aromatic N) is 3. The number of fused-ring (bicyclic) bond motifs is 3. The van der Waals surface area contributed by atoms with Crippen molar-refractivity contribution >= 4 is 23.5 Å². The molecule has 0 saturated carbocycles. The van der Waals surface area contributed by atoms with Crippen molar-refractivity contribution in [1.29, 1.82) is 0 Å². The number of likely N-dealkylation sites (tertiary alicyclic amines) is 1. The maximum Gasteiger partial charge on any atom is 0.410 e. The predicted octanol–water partition coefficient (Wildman–Crippen LogP) is 2.91. The van der Waals surface area contributed by atoms with Crippen LogP contribution in [0.4, 0.5) is 10.5 Å². The summed E-state index contributed by atoms with van der Waals surface area (Å²) in [5.41, 5.74) is 4.21. The molecule has 1 saturated heterocycles. The number of hydrogen-bond acceptors (Lipinski definition) is 6. The van der Waals surface area contributed by atoms with E-state index in [4.69, 9.17) is 9.47 Å². The van der Waals surface area contributed by atoms with E-state index < -0.39 is 5.60 Å². The zero-order chi connectivity index (χ0) is 21.7. The van der Waals surface area contributed by atoms with E-state index in [1.165, 1.54) is 5.56 Å². The van der Waals surface area contributed by atoms with E-state index in [9.17, 15) is 9.59 Å². The molecule has 0 spiro atoms. The number of carbonyl (C=O) groups excluding carboxylic acids is 2. The quantitative estimate of drug-likeness (QED) is 0.822. The van der Waals surface area contributed by atoms with Gasteiger partial charge in [-0.05, 0) is 58.2 Å². The minimum Gasteiger partial charge on any atom is -0.483 e. The number of benzene rings is 1. The highest BCUT2D eigenvalue weighted by Gasteiger charge is 2.42. The number of amidine groups is 1. The summed E-state index contributed by atoms with van der Waals surface area (Å²) in [6.45, 7) is 11.5. The second kappa shape index (κ2) is 7.18. The van der Waals surface area contributed by atoms with Crippen LogP contribution in [0.25, 0.3) is 0 Å². The third-order valence-electron chi connectivity index (χ3n) is 5.79. The summed E-state index contributed by atoms with van der Waals surface area (Å²) in [5, 5.41) is 4.14. The highest BCUT2D eigenvalue weighted by Crippen LogP contribution is 2.38. The van der Waals surface area contributed by atoms with Gasteiger partial charge >= 0.3 is 6.09 Å². The van der Waals surface area contributed by atoms with E-state index in [-0.39, 0.29) is 23.5 Å². The molecule has 0 bridgehead atoms. The molecule has 2 amide bonds. The zero-order valence-corrected chi connectivity index (χ0v) is 18.3. The van der Waals surface area contributed by atoms with Crippen LogP contribution in [0, 0.1) is 5.41 Å². The first kappa shape index (κ1) is 20.5.